The number of carbonyl (C=O) groups is 1. The predicted molar refractivity (Wildman–Crippen MR) is 110 cm³/mol. The van der Waals surface area contributed by atoms with Crippen molar-refractivity contribution in [3.63, 3.8) is 0 Å². The van der Waals surface area contributed by atoms with Crippen LogP contribution >= 0.6 is 0 Å². The molecule has 1 aromatic heterocycles. The standard InChI is InChI=1S/C22H27F3N4O3/c1-31-10-15(29-9-17(22(23,24)25)28-21(29)30)13-6-7-16-14(8-13)27-20(32-16)19(26)18(11-2-3-11)12-4-5-12/h6-8,11-12,15,17-19H,2-5,9-10,26H2,1H3,(H,28,30)/t15-,17+,19+/m1/s1. The average Bonchev–Trinajstić information content (AvgIpc) is 3.67. The zero-order valence-electron chi connectivity index (χ0n) is 17.8. The van der Waals surface area contributed by atoms with E-state index in [0.29, 0.717) is 40.3 Å². The highest BCUT2D eigenvalue weighted by atomic mass is 19.4. The van der Waals surface area contributed by atoms with Crippen molar-refractivity contribution in [1.29, 1.82) is 0 Å². The second-order valence-electron chi connectivity index (χ2n) is 9.22. The Balaban J connectivity index is 1.41. The number of amides is 2. The van der Waals surface area contributed by atoms with Gasteiger partial charge in [-0.25, -0.2) is 9.78 Å². The van der Waals surface area contributed by atoms with Crippen molar-refractivity contribution < 1.29 is 27.1 Å². The molecular formula is C22H27F3N4O3. The van der Waals surface area contributed by atoms with Gasteiger partial charge in [-0.2, -0.15) is 13.2 Å². The van der Waals surface area contributed by atoms with E-state index in [-0.39, 0.29) is 12.6 Å². The number of fused-ring (bicyclic) bond motifs is 1. The molecule has 2 amide bonds. The minimum atomic E-state index is -4.51. The summed E-state index contributed by atoms with van der Waals surface area (Å²) in [7, 11) is 1.45. The van der Waals surface area contributed by atoms with Crippen molar-refractivity contribution in [2.24, 2.45) is 23.5 Å². The fourth-order valence-corrected chi connectivity index (χ4v) is 4.95. The first kappa shape index (κ1) is 21.5. The fourth-order valence-electron chi connectivity index (χ4n) is 4.95. The summed E-state index contributed by atoms with van der Waals surface area (Å²) in [6.45, 7) is -0.424. The zero-order chi connectivity index (χ0) is 22.6. The van der Waals surface area contributed by atoms with Crippen LogP contribution in [0, 0.1) is 17.8 Å². The van der Waals surface area contributed by atoms with Gasteiger partial charge < -0.3 is 25.1 Å². The normalized spacial score (nSPS) is 23.8. The summed E-state index contributed by atoms with van der Waals surface area (Å²) >= 11 is 0. The van der Waals surface area contributed by atoms with E-state index >= 15 is 0 Å². The molecular weight excluding hydrogens is 425 g/mol. The molecule has 0 bridgehead atoms. The lowest BCUT2D eigenvalue weighted by molar-refractivity contribution is -0.150. The molecule has 2 heterocycles. The van der Waals surface area contributed by atoms with Gasteiger partial charge in [0.2, 0.25) is 5.89 Å². The van der Waals surface area contributed by atoms with Crippen LogP contribution in [0.25, 0.3) is 11.1 Å². The maximum absolute atomic E-state index is 13.1. The summed E-state index contributed by atoms with van der Waals surface area (Å²) in [4.78, 5) is 18.1. The second kappa shape index (κ2) is 7.91. The highest BCUT2D eigenvalue weighted by Crippen LogP contribution is 2.53. The fraction of sp³-hybridized carbons (Fsp3) is 0.636. The van der Waals surface area contributed by atoms with E-state index in [1.165, 1.54) is 32.8 Å². The Morgan fingerprint density at radius 1 is 1.28 bits per heavy atom. The number of halogens is 3. The summed E-state index contributed by atoms with van der Waals surface area (Å²) in [5, 5.41) is 2.01. The minimum Gasteiger partial charge on any atom is -0.439 e. The number of nitrogens with zero attached hydrogens (tertiary/aromatic N) is 2. The summed E-state index contributed by atoms with van der Waals surface area (Å²) in [6.07, 6.45) is 0.301. The summed E-state index contributed by atoms with van der Waals surface area (Å²) in [6, 6.07) is 1.59. The molecule has 2 aliphatic carbocycles. The highest BCUT2D eigenvalue weighted by Gasteiger charge is 2.49. The van der Waals surface area contributed by atoms with Crippen molar-refractivity contribution in [1.82, 2.24) is 15.2 Å². The average molecular weight is 452 g/mol. The SMILES string of the molecule is COC[C@H](c1ccc2oc([C@@H](N)C(C3CC3)C3CC3)nc2c1)N1C[C@@H](C(F)(F)F)NC1=O. The maximum Gasteiger partial charge on any atom is 0.410 e. The Morgan fingerprint density at radius 3 is 2.53 bits per heavy atom. The molecule has 0 spiro atoms. The Morgan fingerprint density at radius 2 is 1.97 bits per heavy atom. The van der Waals surface area contributed by atoms with Gasteiger partial charge in [-0.1, -0.05) is 6.07 Å². The molecule has 3 atom stereocenters. The number of hydrogen-bond donors (Lipinski definition) is 2. The van der Waals surface area contributed by atoms with E-state index in [9.17, 15) is 18.0 Å². The molecule has 1 aromatic carbocycles. The number of ether oxygens (including phenoxy) is 1. The van der Waals surface area contributed by atoms with Crippen LogP contribution in [-0.4, -0.2) is 48.4 Å². The van der Waals surface area contributed by atoms with Crippen molar-refractivity contribution in [2.45, 2.75) is 50.0 Å². The van der Waals surface area contributed by atoms with Gasteiger partial charge in [0, 0.05) is 7.11 Å². The molecule has 2 saturated carbocycles. The van der Waals surface area contributed by atoms with Gasteiger partial charge in [0.25, 0.3) is 0 Å². The number of nitrogens with one attached hydrogen (secondary N) is 1. The molecule has 1 saturated heterocycles. The number of urea groups is 1. The third-order valence-corrected chi connectivity index (χ3v) is 6.88. The Kier molecular flexibility index (Phi) is 5.32. The lowest BCUT2D eigenvalue weighted by atomic mass is 9.90. The quantitative estimate of drug-likeness (QED) is 0.634. The summed E-state index contributed by atoms with van der Waals surface area (Å²) in [5.41, 5.74) is 8.34. The molecule has 10 heteroatoms. The number of methoxy groups -OCH3 is 1. The largest absolute Gasteiger partial charge is 0.439 e. The Labute approximate surface area is 183 Å². The number of alkyl halides is 3. The lowest BCUT2D eigenvalue weighted by Gasteiger charge is -2.27. The third-order valence-electron chi connectivity index (χ3n) is 6.88. The van der Waals surface area contributed by atoms with E-state index in [1.807, 2.05) is 5.32 Å². The van der Waals surface area contributed by atoms with Crippen LogP contribution in [0.3, 0.4) is 0 Å². The highest BCUT2D eigenvalue weighted by molar-refractivity contribution is 5.78. The van der Waals surface area contributed by atoms with Gasteiger partial charge in [0.05, 0.1) is 25.2 Å². The number of oxazole rings is 1. The number of rotatable bonds is 8. The number of hydrogen-bond acceptors (Lipinski definition) is 5. The van der Waals surface area contributed by atoms with Crippen LogP contribution in [0.4, 0.5) is 18.0 Å². The first-order chi connectivity index (χ1) is 15.3. The monoisotopic (exact) mass is 452 g/mol. The van der Waals surface area contributed by atoms with Crippen LogP contribution in [0.1, 0.15) is 49.2 Å². The van der Waals surface area contributed by atoms with E-state index in [0.717, 1.165) is 4.90 Å². The molecule has 0 unspecified atom stereocenters. The van der Waals surface area contributed by atoms with Crippen LogP contribution < -0.4 is 11.1 Å². The molecule has 3 aliphatic rings. The predicted octanol–water partition coefficient (Wildman–Crippen LogP) is 3.91. The third kappa shape index (κ3) is 4.05. The topological polar surface area (TPSA) is 93.6 Å². The first-order valence-electron chi connectivity index (χ1n) is 11.0. The van der Waals surface area contributed by atoms with Crippen LogP contribution in [0.2, 0.25) is 0 Å². The van der Waals surface area contributed by atoms with Gasteiger partial charge in [-0.05, 0) is 61.1 Å². The smallest absolute Gasteiger partial charge is 0.410 e. The van der Waals surface area contributed by atoms with E-state index in [1.54, 1.807) is 18.2 Å². The second-order valence-corrected chi connectivity index (χ2v) is 9.22. The summed E-state index contributed by atoms with van der Waals surface area (Å²) < 4.78 is 50.6. The lowest BCUT2D eigenvalue weighted by Crippen LogP contribution is -2.40. The van der Waals surface area contributed by atoms with Crippen LogP contribution in [0.5, 0.6) is 0 Å². The number of benzene rings is 1. The van der Waals surface area contributed by atoms with E-state index in [4.69, 9.17) is 14.9 Å². The molecule has 3 N–H and O–H groups in total. The number of aromatic nitrogens is 1. The maximum atomic E-state index is 13.1. The molecule has 0 radical (unpaired) electrons. The molecule has 2 aromatic rings. The van der Waals surface area contributed by atoms with Gasteiger partial charge in [0.15, 0.2) is 5.58 Å². The van der Waals surface area contributed by atoms with Crippen molar-refractivity contribution in [3.05, 3.63) is 29.7 Å². The molecule has 174 valence electrons. The van der Waals surface area contributed by atoms with Crippen LogP contribution in [0.15, 0.2) is 22.6 Å². The van der Waals surface area contributed by atoms with Crippen molar-refractivity contribution >= 4 is 17.1 Å². The number of carbonyl (C=O) groups excluding carboxylic acids is 1. The molecule has 7 nitrogen and oxygen atoms in total. The molecule has 3 fully saturated rings. The zero-order valence-corrected chi connectivity index (χ0v) is 17.8. The van der Waals surface area contributed by atoms with Crippen LogP contribution in [-0.2, 0) is 4.74 Å². The van der Waals surface area contributed by atoms with Gasteiger partial charge >= 0.3 is 12.2 Å². The number of nitrogens with two attached hydrogens (primary N) is 1. The summed E-state index contributed by atoms with van der Waals surface area (Å²) in [5.74, 6) is 2.17. The Hall–Kier alpha value is -2.33. The van der Waals surface area contributed by atoms with E-state index < -0.39 is 30.8 Å². The van der Waals surface area contributed by atoms with Gasteiger partial charge in [-0.15, -0.1) is 0 Å². The molecule has 5 rings (SSSR count). The minimum absolute atomic E-state index is 0.0547. The molecule has 1 aliphatic heterocycles. The van der Waals surface area contributed by atoms with Crippen molar-refractivity contribution in [3.8, 4) is 0 Å². The first-order valence-corrected chi connectivity index (χ1v) is 11.0. The Bertz CT molecular complexity index is 990. The van der Waals surface area contributed by atoms with Crippen molar-refractivity contribution in [2.75, 3.05) is 20.3 Å². The molecule has 32 heavy (non-hydrogen) atoms. The van der Waals surface area contributed by atoms with E-state index in [2.05, 4.69) is 4.98 Å². The van der Waals surface area contributed by atoms with Gasteiger partial charge in [-0.3, -0.25) is 0 Å². The van der Waals surface area contributed by atoms with Gasteiger partial charge in [0.1, 0.15) is 11.6 Å².